The monoisotopic (exact) mass is 502 g/mol. The van der Waals surface area contributed by atoms with E-state index in [9.17, 15) is 4.79 Å². The van der Waals surface area contributed by atoms with Gasteiger partial charge in [0.05, 0.1) is 10.8 Å². The fraction of sp³-hybridized carbons (Fsp3) is 0.324. The third kappa shape index (κ3) is 5.25. The Morgan fingerprint density at radius 2 is 0.842 bits per heavy atom. The Morgan fingerprint density at radius 3 is 1.18 bits per heavy atom. The van der Waals surface area contributed by atoms with E-state index in [1.54, 1.807) is 0 Å². The zero-order valence-corrected chi connectivity index (χ0v) is 24.0. The molecule has 0 saturated heterocycles. The number of hydrogen-bond donors (Lipinski definition) is 0. The molecule has 0 aliphatic heterocycles. The molecule has 1 nitrogen and oxygen atoms in total. The lowest BCUT2D eigenvalue weighted by Gasteiger charge is -2.40. The summed E-state index contributed by atoms with van der Waals surface area (Å²) >= 11 is 0. The molecule has 0 radical (unpaired) electrons. The van der Waals surface area contributed by atoms with Crippen molar-refractivity contribution < 1.29 is 4.79 Å². The van der Waals surface area contributed by atoms with E-state index in [0.29, 0.717) is 5.78 Å². The van der Waals surface area contributed by atoms with Crippen LogP contribution >= 0.6 is 0 Å². The molecule has 1 heteroatoms. The van der Waals surface area contributed by atoms with Crippen LogP contribution in [0.1, 0.15) is 85.0 Å². The van der Waals surface area contributed by atoms with Crippen LogP contribution < -0.4 is 0 Å². The van der Waals surface area contributed by atoms with E-state index in [1.165, 1.54) is 33.4 Å². The van der Waals surface area contributed by atoms with Crippen molar-refractivity contribution in [2.45, 2.75) is 78.1 Å². The number of ketones is 1. The highest BCUT2D eigenvalue weighted by atomic mass is 16.1. The van der Waals surface area contributed by atoms with Crippen molar-refractivity contribution in [1.29, 1.82) is 0 Å². The minimum absolute atomic E-state index is 0.310. The highest BCUT2D eigenvalue weighted by Gasteiger charge is 2.46. The molecule has 4 rings (SSSR count). The standard InChI is InChI=1S/C37H42O/c1-7-36(5,33-23-15-13-21-31(33)25-29-19-11-9-17-27(29)3)35(38)37(6,8-2)34-24-16-14-22-32(34)26-30-20-12-10-18-28(30)4/h9-24H,7-8,25-26H2,1-6H3. The molecular formula is C37H42O. The largest absolute Gasteiger partial charge is 0.298 e. The maximum atomic E-state index is 14.9. The summed E-state index contributed by atoms with van der Waals surface area (Å²) in [5.74, 6) is 0.310. The minimum atomic E-state index is -0.597. The fourth-order valence-electron chi connectivity index (χ4n) is 6.01. The van der Waals surface area contributed by atoms with Crippen LogP contribution in [0, 0.1) is 13.8 Å². The van der Waals surface area contributed by atoms with Crippen molar-refractivity contribution >= 4 is 5.78 Å². The first-order valence-corrected chi connectivity index (χ1v) is 14.0. The van der Waals surface area contributed by atoms with Crippen molar-refractivity contribution in [2.24, 2.45) is 0 Å². The molecule has 4 aromatic carbocycles. The maximum Gasteiger partial charge on any atom is 0.153 e. The van der Waals surface area contributed by atoms with Gasteiger partial charge in [-0.2, -0.15) is 0 Å². The molecular weight excluding hydrogens is 460 g/mol. The van der Waals surface area contributed by atoms with Crippen LogP contribution in [-0.2, 0) is 28.5 Å². The molecule has 0 aromatic heterocycles. The van der Waals surface area contributed by atoms with Gasteiger partial charge in [-0.15, -0.1) is 0 Å². The van der Waals surface area contributed by atoms with Crippen molar-refractivity contribution in [2.75, 3.05) is 0 Å². The van der Waals surface area contributed by atoms with E-state index in [4.69, 9.17) is 0 Å². The van der Waals surface area contributed by atoms with E-state index < -0.39 is 10.8 Å². The van der Waals surface area contributed by atoms with Crippen LogP contribution in [0.3, 0.4) is 0 Å². The lowest BCUT2D eigenvalue weighted by Crippen LogP contribution is -2.46. The van der Waals surface area contributed by atoms with Gasteiger partial charge in [-0.3, -0.25) is 4.79 Å². The van der Waals surface area contributed by atoms with Crippen molar-refractivity contribution in [3.63, 3.8) is 0 Å². The van der Waals surface area contributed by atoms with Crippen LogP contribution in [0.25, 0.3) is 0 Å². The molecule has 0 N–H and O–H groups in total. The van der Waals surface area contributed by atoms with Crippen LogP contribution in [-0.4, -0.2) is 5.78 Å². The molecule has 0 amide bonds. The van der Waals surface area contributed by atoms with Gasteiger partial charge in [0.15, 0.2) is 5.78 Å². The fourth-order valence-corrected chi connectivity index (χ4v) is 6.01. The van der Waals surface area contributed by atoms with Crippen LogP contribution in [0.5, 0.6) is 0 Å². The van der Waals surface area contributed by atoms with E-state index in [1.807, 2.05) is 0 Å². The number of rotatable bonds is 10. The second kappa shape index (κ2) is 11.5. The van der Waals surface area contributed by atoms with Gasteiger partial charge in [0, 0.05) is 0 Å². The lowest BCUT2D eigenvalue weighted by atomic mass is 9.61. The van der Waals surface area contributed by atoms with Crippen LogP contribution in [0.4, 0.5) is 0 Å². The summed E-state index contributed by atoms with van der Waals surface area (Å²) in [7, 11) is 0. The average Bonchev–Trinajstić information content (AvgIpc) is 2.95. The van der Waals surface area contributed by atoms with E-state index in [-0.39, 0.29) is 0 Å². The first kappa shape index (κ1) is 27.6. The Kier molecular flexibility index (Phi) is 8.36. The second-order valence-electron chi connectivity index (χ2n) is 11.2. The Labute approximate surface area is 230 Å². The minimum Gasteiger partial charge on any atom is -0.298 e. The van der Waals surface area contributed by atoms with Gasteiger partial charge >= 0.3 is 0 Å². The molecule has 4 aromatic rings. The second-order valence-corrected chi connectivity index (χ2v) is 11.2. The highest BCUT2D eigenvalue weighted by Crippen LogP contribution is 2.43. The first-order valence-electron chi connectivity index (χ1n) is 14.0. The average molecular weight is 503 g/mol. The lowest BCUT2D eigenvalue weighted by molar-refractivity contribution is -0.129. The Balaban J connectivity index is 1.78. The summed E-state index contributed by atoms with van der Waals surface area (Å²) in [6.45, 7) is 13.0. The van der Waals surface area contributed by atoms with Gasteiger partial charge in [-0.1, -0.05) is 111 Å². The van der Waals surface area contributed by atoms with Gasteiger partial charge in [0.25, 0.3) is 0 Å². The summed E-state index contributed by atoms with van der Waals surface area (Å²) < 4.78 is 0. The Hall–Kier alpha value is -3.45. The van der Waals surface area contributed by atoms with Crippen LogP contribution in [0.15, 0.2) is 97.1 Å². The number of carbonyl (C=O) groups is 1. The number of hydrogen-bond acceptors (Lipinski definition) is 1. The zero-order valence-electron chi connectivity index (χ0n) is 24.0. The molecule has 0 aliphatic carbocycles. The summed E-state index contributed by atoms with van der Waals surface area (Å²) in [5, 5.41) is 0. The first-order chi connectivity index (χ1) is 18.2. The highest BCUT2D eigenvalue weighted by molar-refractivity contribution is 5.99. The van der Waals surface area contributed by atoms with E-state index in [2.05, 4.69) is 139 Å². The maximum absolute atomic E-state index is 14.9. The summed E-state index contributed by atoms with van der Waals surface area (Å²) in [6, 6.07) is 34.3. The summed E-state index contributed by atoms with van der Waals surface area (Å²) in [5.41, 5.74) is 8.81. The number of carbonyl (C=O) groups excluding carboxylic acids is 1. The third-order valence-electron chi connectivity index (χ3n) is 8.92. The van der Waals surface area contributed by atoms with Crippen molar-refractivity contribution in [3.8, 4) is 0 Å². The molecule has 38 heavy (non-hydrogen) atoms. The third-order valence-corrected chi connectivity index (χ3v) is 8.92. The van der Waals surface area contributed by atoms with Gasteiger partial charge in [-0.05, 0) is 97.9 Å². The molecule has 0 fully saturated rings. The molecule has 196 valence electrons. The molecule has 0 bridgehead atoms. The predicted molar refractivity (Wildman–Crippen MR) is 161 cm³/mol. The molecule has 2 unspecified atom stereocenters. The van der Waals surface area contributed by atoms with Gasteiger partial charge in [-0.25, -0.2) is 0 Å². The SMILES string of the molecule is CCC(C)(C(=O)C(C)(CC)c1ccccc1Cc1ccccc1C)c1ccccc1Cc1ccccc1C. The summed E-state index contributed by atoms with van der Waals surface area (Å²) in [6.07, 6.45) is 3.18. The Morgan fingerprint density at radius 1 is 0.526 bits per heavy atom. The smallest absolute Gasteiger partial charge is 0.153 e. The molecule has 0 saturated carbocycles. The van der Waals surface area contributed by atoms with E-state index >= 15 is 0 Å². The van der Waals surface area contributed by atoms with Crippen molar-refractivity contribution in [1.82, 2.24) is 0 Å². The zero-order chi connectivity index (χ0) is 27.3. The Bertz CT molecular complexity index is 1310. The van der Waals surface area contributed by atoms with Gasteiger partial charge in [0.1, 0.15) is 0 Å². The number of aryl methyl sites for hydroxylation is 2. The number of benzene rings is 4. The predicted octanol–water partition coefficient (Wildman–Crippen LogP) is 9.09. The number of Topliss-reactive ketones (excluding diaryl/α,β-unsaturated/α-hetero) is 1. The topological polar surface area (TPSA) is 17.1 Å². The normalized spacial score (nSPS) is 14.5. The van der Waals surface area contributed by atoms with Gasteiger partial charge in [0.2, 0.25) is 0 Å². The molecule has 0 spiro atoms. The van der Waals surface area contributed by atoms with Crippen molar-refractivity contribution in [3.05, 3.63) is 142 Å². The molecule has 0 aliphatic rings. The molecule has 0 heterocycles. The van der Waals surface area contributed by atoms with E-state index in [0.717, 1.165) is 36.8 Å². The van der Waals surface area contributed by atoms with Gasteiger partial charge < -0.3 is 0 Å². The molecule has 2 atom stereocenters. The van der Waals surface area contributed by atoms with Crippen LogP contribution in [0.2, 0.25) is 0 Å². The quantitative estimate of drug-likeness (QED) is 0.211. The summed E-state index contributed by atoms with van der Waals surface area (Å²) in [4.78, 5) is 14.9.